The molecule has 2 rings (SSSR count). The Balaban J connectivity index is 2.04. The van der Waals surface area contributed by atoms with E-state index in [1.54, 1.807) is 32.6 Å². The lowest BCUT2D eigenvalue weighted by Gasteiger charge is -2.36. The fraction of sp³-hybridized carbons (Fsp3) is 0.667. The number of nitrogens with zero attached hydrogens (tertiary/aromatic N) is 2. The summed E-state index contributed by atoms with van der Waals surface area (Å²) in [5.41, 5.74) is -1.63. The van der Waals surface area contributed by atoms with Crippen molar-refractivity contribution in [3.63, 3.8) is 0 Å². The summed E-state index contributed by atoms with van der Waals surface area (Å²) < 4.78 is 50.1. The Bertz CT molecular complexity index is 629. The van der Waals surface area contributed by atoms with E-state index in [0.29, 0.717) is 13.1 Å². The number of ether oxygens (including phenoxy) is 2. The number of aromatic nitrogens is 1. The zero-order chi connectivity index (χ0) is 19.5. The molecule has 0 radical (unpaired) electrons. The topological polar surface area (TPSA) is 51.7 Å². The molecule has 1 aromatic heterocycles. The van der Waals surface area contributed by atoms with Gasteiger partial charge in [-0.15, -0.1) is 0 Å². The van der Waals surface area contributed by atoms with Crippen molar-refractivity contribution in [1.82, 2.24) is 9.88 Å². The Kier molecular flexibility index (Phi) is 6.03. The first kappa shape index (κ1) is 20.3. The molecule has 0 spiro atoms. The van der Waals surface area contributed by atoms with Crippen LogP contribution in [0.2, 0.25) is 0 Å². The van der Waals surface area contributed by atoms with Gasteiger partial charge in [0.05, 0.1) is 0 Å². The van der Waals surface area contributed by atoms with Crippen molar-refractivity contribution in [1.29, 1.82) is 0 Å². The molecule has 26 heavy (non-hydrogen) atoms. The van der Waals surface area contributed by atoms with Crippen LogP contribution in [0.4, 0.5) is 18.0 Å². The van der Waals surface area contributed by atoms with Crippen LogP contribution in [0.15, 0.2) is 18.3 Å². The zero-order valence-electron chi connectivity index (χ0n) is 15.5. The number of piperidine rings is 1. The molecule has 0 saturated carbocycles. The SMILES string of the molecule is CC(Oc1cccnc1C(F)(F)F)C1CCCN(C(=O)OC(C)(C)C)C1. The van der Waals surface area contributed by atoms with E-state index >= 15 is 0 Å². The number of amides is 1. The van der Waals surface area contributed by atoms with E-state index in [1.165, 1.54) is 12.1 Å². The van der Waals surface area contributed by atoms with E-state index in [2.05, 4.69) is 4.98 Å². The van der Waals surface area contributed by atoms with Crippen LogP contribution in [0, 0.1) is 5.92 Å². The molecule has 8 heteroatoms. The average Bonchev–Trinajstić information content (AvgIpc) is 2.53. The highest BCUT2D eigenvalue weighted by atomic mass is 19.4. The van der Waals surface area contributed by atoms with Crippen molar-refractivity contribution in [3.8, 4) is 5.75 Å². The fourth-order valence-electron chi connectivity index (χ4n) is 2.88. The number of carbonyl (C=O) groups excluding carboxylic acids is 1. The van der Waals surface area contributed by atoms with Crippen LogP contribution in [0.1, 0.15) is 46.2 Å². The van der Waals surface area contributed by atoms with E-state index < -0.39 is 29.7 Å². The van der Waals surface area contributed by atoms with E-state index in [1.807, 2.05) is 0 Å². The first-order chi connectivity index (χ1) is 12.0. The maximum absolute atomic E-state index is 13.1. The average molecular weight is 374 g/mol. The smallest absolute Gasteiger partial charge is 0.437 e. The van der Waals surface area contributed by atoms with Gasteiger partial charge < -0.3 is 14.4 Å². The lowest BCUT2D eigenvalue weighted by Crippen LogP contribution is -2.46. The second kappa shape index (κ2) is 7.72. The molecule has 1 amide bonds. The molecule has 0 bridgehead atoms. The summed E-state index contributed by atoms with van der Waals surface area (Å²) in [4.78, 5) is 17.2. The summed E-state index contributed by atoms with van der Waals surface area (Å²) >= 11 is 0. The van der Waals surface area contributed by atoms with Gasteiger partial charge in [-0.1, -0.05) is 0 Å². The van der Waals surface area contributed by atoms with Gasteiger partial charge in [0.1, 0.15) is 11.7 Å². The Morgan fingerprint density at radius 2 is 2.04 bits per heavy atom. The Morgan fingerprint density at radius 3 is 2.65 bits per heavy atom. The monoisotopic (exact) mass is 374 g/mol. The van der Waals surface area contributed by atoms with E-state index in [9.17, 15) is 18.0 Å². The third kappa shape index (κ3) is 5.51. The van der Waals surface area contributed by atoms with Crippen LogP contribution in [0.3, 0.4) is 0 Å². The minimum absolute atomic E-state index is 0.0856. The molecule has 0 aromatic carbocycles. The van der Waals surface area contributed by atoms with Crippen molar-refractivity contribution in [2.75, 3.05) is 13.1 Å². The number of pyridine rings is 1. The van der Waals surface area contributed by atoms with E-state index in [0.717, 1.165) is 19.0 Å². The molecule has 1 aromatic rings. The minimum Gasteiger partial charge on any atom is -0.488 e. The molecule has 1 fully saturated rings. The molecule has 0 aliphatic carbocycles. The highest BCUT2D eigenvalue weighted by molar-refractivity contribution is 5.68. The molecule has 0 N–H and O–H groups in total. The van der Waals surface area contributed by atoms with Gasteiger partial charge in [-0.25, -0.2) is 9.78 Å². The quantitative estimate of drug-likeness (QED) is 0.781. The van der Waals surface area contributed by atoms with Gasteiger partial charge in [0, 0.05) is 25.2 Å². The summed E-state index contributed by atoms with van der Waals surface area (Å²) in [5.74, 6) is -0.376. The van der Waals surface area contributed by atoms with Gasteiger partial charge >= 0.3 is 12.3 Å². The number of halogens is 3. The van der Waals surface area contributed by atoms with Crippen LogP contribution in [0.5, 0.6) is 5.75 Å². The number of alkyl halides is 3. The molecule has 2 heterocycles. The molecule has 1 aliphatic rings. The molecular formula is C18H25F3N2O3. The number of likely N-dealkylation sites (tertiary alicyclic amines) is 1. The van der Waals surface area contributed by atoms with Crippen LogP contribution >= 0.6 is 0 Å². The molecule has 146 valence electrons. The maximum Gasteiger partial charge on any atom is 0.437 e. The van der Waals surface area contributed by atoms with Crippen LogP contribution in [-0.4, -0.2) is 40.8 Å². The predicted octanol–water partition coefficient (Wildman–Crippen LogP) is 4.51. The number of rotatable bonds is 3. The van der Waals surface area contributed by atoms with Gasteiger partial charge in [-0.3, -0.25) is 0 Å². The normalized spacial score (nSPS) is 19.8. The molecule has 5 nitrogen and oxygen atoms in total. The number of hydrogen-bond donors (Lipinski definition) is 0. The largest absolute Gasteiger partial charge is 0.488 e. The van der Waals surface area contributed by atoms with Crippen molar-refractivity contribution < 1.29 is 27.4 Å². The summed E-state index contributed by atoms with van der Waals surface area (Å²) in [7, 11) is 0. The zero-order valence-corrected chi connectivity index (χ0v) is 15.5. The summed E-state index contributed by atoms with van der Waals surface area (Å²) in [6.45, 7) is 8.05. The highest BCUT2D eigenvalue weighted by Gasteiger charge is 2.37. The lowest BCUT2D eigenvalue weighted by atomic mass is 9.93. The van der Waals surface area contributed by atoms with Crippen LogP contribution < -0.4 is 4.74 Å². The van der Waals surface area contributed by atoms with Crippen LogP contribution in [0.25, 0.3) is 0 Å². The van der Waals surface area contributed by atoms with Gasteiger partial charge in [0.2, 0.25) is 0 Å². The van der Waals surface area contributed by atoms with Gasteiger partial charge in [0.15, 0.2) is 11.4 Å². The van der Waals surface area contributed by atoms with E-state index in [4.69, 9.17) is 9.47 Å². The maximum atomic E-state index is 13.1. The summed E-state index contributed by atoms with van der Waals surface area (Å²) in [5, 5.41) is 0. The summed E-state index contributed by atoms with van der Waals surface area (Å²) in [6.07, 6.45) is -2.88. The fourth-order valence-corrected chi connectivity index (χ4v) is 2.88. The van der Waals surface area contributed by atoms with Crippen molar-refractivity contribution in [3.05, 3.63) is 24.0 Å². The third-order valence-corrected chi connectivity index (χ3v) is 4.13. The van der Waals surface area contributed by atoms with Crippen molar-refractivity contribution in [2.45, 2.75) is 58.4 Å². The van der Waals surface area contributed by atoms with Gasteiger partial charge in [0.25, 0.3) is 0 Å². The molecule has 2 unspecified atom stereocenters. The first-order valence-corrected chi connectivity index (χ1v) is 8.64. The number of hydrogen-bond acceptors (Lipinski definition) is 4. The molecular weight excluding hydrogens is 349 g/mol. The molecule has 1 aliphatic heterocycles. The Hall–Kier alpha value is -1.99. The predicted molar refractivity (Wildman–Crippen MR) is 89.9 cm³/mol. The highest BCUT2D eigenvalue weighted by Crippen LogP contribution is 2.35. The standard InChI is InChI=1S/C18H25F3N2O3/c1-12(25-14-8-5-9-22-15(14)18(19,20)21)13-7-6-10-23(11-13)16(24)26-17(2,3)4/h5,8-9,12-13H,6-7,10-11H2,1-4H3. The van der Waals surface area contributed by atoms with E-state index in [-0.39, 0.29) is 11.7 Å². The summed E-state index contributed by atoms with van der Waals surface area (Å²) in [6, 6.07) is 2.67. The minimum atomic E-state index is -4.58. The lowest BCUT2D eigenvalue weighted by molar-refractivity contribution is -0.143. The number of carbonyl (C=O) groups is 1. The second-order valence-corrected chi connectivity index (χ2v) is 7.50. The van der Waals surface area contributed by atoms with Gasteiger partial charge in [-0.05, 0) is 52.7 Å². The van der Waals surface area contributed by atoms with Crippen molar-refractivity contribution in [2.24, 2.45) is 5.92 Å². The third-order valence-electron chi connectivity index (χ3n) is 4.13. The Labute approximate surface area is 151 Å². The first-order valence-electron chi connectivity index (χ1n) is 8.64. The van der Waals surface area contributed by atoms with Crippen LogP contribution in [-0.2, 0) is 10.9 Å². The van der Waals surface area contributed by atoms with Crippen molar-refractivity contribution >= 4 is 6.09 Å². The molecule has 2 atom stereocenters. The Morgan fingerprint density at radius 1 is 1.35 bits per heavy atom. The molecule has 1 saturated heterocycles. The second-order valence-electron chi connectivity index (χ2n) is 7.50. The van der Waals surface area contributed by atoms with Gasteiger partial charge in [-0.2, -0.15) is 13.2 Å².